The van der Waals surface area contributed by atoms with E-state index in [1.165, 1.54) is 33.4 Å². The summed E-state index contributed by atoms with van der Waals surface area (Å²) in [7, 11) is -1.81. The van der Waals surface area contributed by atoms with Crippen LogP contribution >= 0.6 is 0 Å². The molecule has 0 nitrogen and oxygen atoms in total. The quantitative estimate of drug-likeness (QED) is 0.303. The van der Waals surface area contributed by atoms with Crippen molar-refractivity contribution in [1.82, 2.24) is 0 Å². The van der Waals surface area contributed by atoms with E-state index in [9.17, 15) is 0 Å². The fourth-order valence-corrected chi connectivity index (χ4v) is 10.4. The molecule has 5 rings (SSSR count). The molecule has 0 aliphatic heterocycles. The third kappa shape index (κ3) is 4.13. The van der Waals surface area contributed by atoms with Crippen LogP contribution in [0.25, 0.3) is 17.2 Å². The Morgan fingerprint density at radius 2 is 1.23 bits per heavy atom. The van der Waals surface area contributed by atoms with Crippen LogP contribution in [0.5, 0.6) is 0 Å². The number of hydrogen-bond acceptors (Lipinski definition) is 0. The van der Waals surface area contributed by atoms with Crippen molar-refractivity contribution in [2.75, 3.05) is 0 Å². The molecule has 1 unspecified atom stereocenters. The molecule has 0 saturated heterocycles. The van der Waals surface area contributed by atoms with E-state index >= 15 is 0 Å². The van der Waals surface area contributed by atoms with E-state index in [0.717, 1.165) is 6.42 Å². The van der Waals surface area contributed by atoms with Gasteiger partial charge < -0.3 is 24.8 Å². The van der Waals surface area contributed by atoms with Crippen LogP contribution in [0.1, 0.15) is 39.8 Å². The first kappa shape index (κ1) is 26.1. The summed E-state index contributed by atoms with van der Waals surface area (Å²) in [5, 5.41) is 0. The number of rotatable bonds is 4. The van der Waals surface area contributed by atoms with Crippen LogP contribution in [-0.4, -0.2) is 8.07 Å². The van der Waals surface area contributed by atoms with Crippen molar-refractivity contribution >= 4 is 14.1 Å². The summed E-state index contributed by atoms with van der Waals surface area (Å²) >= 11 is 0. The van der Waals surface area contributed by atoms with E-state index in [1.807, 2.05) is 0 Å². The van der Waals surface area contributed by atoms with Gasteiger partial charge in [-0.05, 0) is 39.8 Å². The van der Waals surface area contributed by atoms with E-state index in [-0.39, 0.29) is 50.7 Å². The second kappa shape index (κ2) is 10.2. The first-order chi connectivity index (χ1) is 13.6. The minimum atomic E-state index is -1.81. The van der Waals surface area contributed by atoms with Crippen LogP contribution in [0.4, 0.5) is 0 Å². The average molecular weight is 628 g/mol. The fourth-order valence-electron chi connectivity index (χ4n) is 5.73. The van der Waals surface area contributed by atoms with Gasteiger partial charge in [-0.25, -0.2) is 0 Å². The van der Waals surface area contributed by atoms with Gasteiger partial charge in [0.2, 0.25) is 0 Å². The Morgan fingerprint density at radius 3 is 1.77 bits per heavy atom. The van der Waals surface area contributed by atoms with E-state index in [1.54, 1.807) is 5.57 Å². The topological polar surface area (TPSA) is 0 Å². The van der Waals surface area contributed by atoms with Crippen LogP contribution in [0.3, 0.4) is 0 Å². The Balaban J connectivity index is 0.00000114. The molecule has 0 radical (unpaired) electrons. The Kier molecular flexibility index (Phi) is 8.55. The van der Waals surface area contributed by atoms with Gasteiger partial charge in [-0.15, -0.1) is 6.58 Å². The normalized spacial score (nSPS) is 15.9. The molecule has 0 saturated carbocycles. The van der Waals surface area contributed by atoms with Crippen LogP contribution < -0.4 is 24.8 Å². The van der Waals surface area contributed by atoms with Crippen LogP contribution in [0.2, 0.25) is 13.1 Å². The summed E-state index contributed by atoms with van der Waals surface area (Å²) in [6, 6.07) is 27.1. The summed E-state index contributed by atoms with van der Waals surface area (Å²) in [5.74, 6) is 0. The molecule has 4 heteroatoms. The van der Waals surface area contributed by atoms with E-state index in [0.29, 0.717) is 11.1 Å². The predicted molar refractivity (Wildman–Crippen MR) is 123 cm³/mol. The molecule has 0 amide bonds. The van der Waals surface area contributed by atoms with Crippen LogP contribution in [0.15, 0.2) is 91.0 Å². The number of fused-ring (bicyclic) bond motifs is 4. The third-order valence-corrected chi connectivity index (χ3v) is 11.0. The number of hydrogen-bond donors (Lipinski definition) is 0. The molecule has 158 valence electrons. The van der Waals surface area contributed by atoms with Gasteiger partial charge in [-0.2, -0.15) is 0 Å². The van der Waals surface area contributed by atoms with Crippen molar-refractivity contribution in [3.63, 3.8) is 0 Å². The van der Waals surface area contributed by atoms with Gasteiger partial charge >= 0.3 is 0 Å². The maximum absolute atomic E-state index is 4.05. The molecule has 1 atom stereocenters. The largest absolute Gasteiger partial charge is 1.00 e. The summed E-state index contributed by atoms with van der Waals surface area (Å²) in [4.78, 5) is 0. The summed E-state index contributed by atoms with van der Waals surface area (Å²) < 4.78 is 0. The van der Waals surface area contributed by atoms with Gasteiger partial charge in [0, 0.05) is 36.9 Å². The second-order valence-electron chi connectivity index (χ2n) is 8.70. The summed E-state index contributed by atoms with van der Waals surface area (Å²) in [6.07, 6.45) is 5.49. The minimum absolute atomic E-state index is 0. The molecular formula is C27H26Cl2HfSi-2. The zero-order valence-corrected chi connectivity index (χ0v) is 24.0. The summed E-state index contributed by atoms with van der Waals surface area (Å²) in [5.41, 5.74) is 11.5. The Morgan fingerprint density at radius 1 is 0.742 bits per heavy atom. The zero-order chi connectivity index (χ0) is 19.3. The van der Waals surface area contributed by atoms with E-state index < -0.39 is 8.07 Å². The van der Waals surface area contributed by atoms with Gasteiger partial charge in [0.25, 0.3) is 0 Å². The van der Waals surface area contributed by atoms with Gasteiger partial charge in [0.05, 0.1) is 8.07 Å². The van der Waals surface area contributed by atoms with Crippen molar-refractivity contribution in [1.29, 1.82) is 0 Å². The minimum Gasteiger partial charge on any atom is -1.00 e. The number of benzene rings is 3. The molecule has 0 spiro atoms. The molecule has 3 aromatic carbocycles. The standard InChI is InChI=1S/C27H26Si.2ClH.Hf/c1-4-11-20-18-19-12-5-6-13-21(19)26(20)28(2,3)27-24-16-9-7-14-22(24)23-15-8-10-17-25(23)27;;;/h4-10,12-18,26-27H,1,11H2,2-3H3;2*1H;/p-2. The van der Waals surface area contributed by atoms with Crippen LogP contribution in [-0.2, 0) is 25.8 Å². The SMILES string of the molecule is C=CCC1=Cc2ccccc2C1[Si](C)(C)C1c2ccccc2-c2ccccc21.[Cl-].[Cl-].[Hf]. The maximum atomic E-state index is 4.05. The van der Waals surface area contributed by atoms with Crippen molar-refractivity contribution in [2.45, 2.75) is 30.6 Å². The molecule has 0 heterocycles. The Labute approximate surface area is 218 Å². The molecule has 2 aliphatic carbocycles. The van der Waals surface area contributed by atoms with E-state index in [4.69, 9.17) is 0 Å². The molecule has 0 aromatic heterocycles. The smallest absolute Gasteiger partial charge is 0.0726 e. The molecule has 0 fully saturated rings. The molecular weight excluding hydrogens is 602 g/mol. The zero-order valence-electron chi connectivity index (χ0n) is 17.9. The molecule has 3 aromatic rings. The molecule has 2 aliphatic rings. The van der Waals surface area contributed by atoms with Gasteiger partial charge in [0.1, 0.15) is 0 Å². The van der Waals surface area contributed by atoms with Gasteiger partial charge in [0.15, 0.2) is 0 Å². The third-order valence-electron chi connectivity index (χ3n) is 6.72. The van der Waals surface area contributed by atoms with Gasteiger partial charge in [-0.3, -0.25) is 0 Å². The first-order valence-corrected chi connectivity index (χ1v) is 13.4. The Hall–Kier alpha value is -1.19. The second-order valence-corrected chi connectivity index (χ2v) is 13.5. The van der Waals surface area contributed by atoms with Crippen molar-refractivity contribution < 1.29 is 50.7 Å². The van der Waals surface area contributed by atoms with E-state index in [2.05, 4.69) is 105 Å². The first-order valence-electron chi connectivity index (χ1n) is 10.2. The summed E-state index contributed by atoms with van der Waals surface area (Å²) in [6.45, 7) is 9.24. The van der Waals surface area contributed by atoms with Crippen LogP contribution in [0, 0.1) is 0 Å². The van der Waals surface area contributed by atoms with Crippen molar-refractivity contribution in [3.8, 4) is 11.1 Å². The van der Waals surface area contributed by atoms with Crippen molar-refractivity contribution in [2.24, 2.45) is 0 Å². The number of allylic oxidation sites excluding steroid dienone is 2. The fraction of sp³-hybridized carbons (Fsp3) is 0.185. The molecule has 0 N–H and O–H groups in total. The number of halogens is 2. The monoisotopic (exact) mass is 628 g/mol. The maximum Gasteiger partial charge on any atom is 0.0726 e. The molecule has 31 heavy (non-hydrogen) atoms. The predicted octanol–water partition coefficient (Wildman–Crippen LogP) is 1.35. The van der Waals surface area contributed by atoms with Gasteiger partial charge in [-0.1, -0.05) is 104 Å². The Bertz CT molecular complexity index is 1070. The average Bonchev–Trinajstić information content (AvgIpc) is 3.24. The molecule has 0 bridgehead atoms. The van der Waals surface area contributed by atoms with Crippen molar-refractivity contribution in [3.05, 3.63) is 113 Å².